The van der Waals surface area contributed by atoms with E-state index in [4.69, 9.17) is 5.73 Å². The van der Waals surface area contributed by atoms with Crippen molar-refractivity contribution in [1.82, 2.24) is 0 Å². The maximum Gasteiger partial charge on any atom is 0.249 e. The predicted octanol–water partition coefficient (Wildman–Crippen LogP) is 4.49. The van der Waals surface area contributed by atoms with Crippen LogP contribution in [0.15, 0.2) is 59.2 Å². The minimum absolute atomic E-state index is 0.106. The van der Waals surface area contributed by atoms with Gasteiger partial charge in [-0.25, -0.2) is 0 Å². The third-order valence-corrected chi connectivity index (χ3v) is 8.03. The average Bonchev–Trinajstić information content (AvgIpc) is 3.33. The van der Waals surface area contributed by atoms with Crippen molar-refractivity contribution in [3.8, 4) is 12.1 Å². The molecule has 4 aliphatic heterocycles. The molecule has 0 radical (unpaired) electrons. The minimum Gasteiger partial charge on any atom is -0.384 e. The zero-order valence-corrected chi connectivity index (χ0v) is 20.2. The number of nitriles is 2. The molecule has 174 valence electrons. The van der Waals surface area contributed by atoms with E-state index in [9.17, 15) is 15.3 Å². The number of nitrogens with zero attached hydrogens (tertiary/aromatic N) is 4. The number of carbonyl (C=O) groups is 1. The Morgan fingerprint density at radius 2 is 1.89 bits per heavy atom. The third kappa shape index (κ3) is 2.31. The van der Waals surface area contributed by atoms with E-state index in [1.165, 1.54) is 0 Å². The van der Waals surface area contributed by atoms with Gasteiger partial charge in [-0.3, -0.25) is 9.69 Å². The summed E-state index contributed by atoms with van der Waals surface area (Å²) in [6.45, 7) is 8.36. The molecule has 2 atom stereocenters. The van der Waals surface area contributed by atoms with Crippen molar-refractivity contribution >= 4 is 23.0 Å². The molecule has 1 spiro atoms. The van der Waals surface area contributed by atoms with Gasteiger partial charge in [-0.1, -0.05) is 38.1 Å². The Hall–Kier alpha value is -4.23. The molecule has 0 aromatic heterocycles. The number of nitrogens with two attached hydrogens (primary N) is 1. The van der Waals surface area contributed by atoms with Crippen molar-refractivity contribution in [3.63, 3.8) is 0 Å². The van der Waals surface area contributed by atoms with Crippen molar-refractivity contribution in [2.45, 2.75) is 57.4 Å². The summed E-state index contributed by atoms with van der Waals surface area (Å²) >= 11 is 0. The number of carbonyl (C=O) groups excluding carboxylic acids is 1. The van der Waals surface area contributed by atoms with Gasteiger partial charge >= 0.3 is 0 Å². The van der Waals surface area contributed by atoms with Gasteiger partial charge in [0.25, 0.3) is 0 Å². The molecule has 4 heterocycles. The van der Waals surface area contributed by atoms with Crippen LogP contribution < -0.4 is 20.9 Å². The van der Waals surface area contributed by atoms with Crippen LogP contribution in [0.2, 0.25) is 0 Å². The normalized spacial score (nSPS) is 25.2. The highest BCUT2D eigenvalue weighted by molar-refractivity contribution is 6.17. The van der Waals surface area contributed by atoms with Crippen LogP contribution in [0.3, 0.4) is 0 Å². The second-order valence-electron chi connectivity index (χ2n) is 10.4. The molecule has 0 bridgehead atoms. The Bertz CT molecular complexity index is 1500. The van der Waals surface area contributed by atoms with Crippen LogP contribution in [0.5, 0.6) is 0 Å². The summed E-state index contributed by atoms with van der Waals surface area (Å²) in [5.74, 6) is 0.567. The van der Waals surface area contributed by atoms with E-state index >= 15 is 0 Å². The lowest BCUT2D eigenvalue weighted by Gasteiger charge is -2.44. The molecule has 1 amide bonds. The van der Waals surface area contributed by atoms with Crippen LogP contribution in [-0.4, -0.2) is 11.4 Å². The molecule has 3 N–H and O–H groups in total. The van der Waals surface area contributed by atoms with E-state index in [-0.39, 0.29) is 28.8 Å². The van der Waals surface area contributed by atoms with Crippen LogP contribution >= 0.6 is 0 Å². The number of hydrogen-bond acceptors (Lipinski definition) is 6. The van der Waals surface area contributed by atoms with Crippen LogP contribution in [0.4, 0.5) is 17.1 Å². The fourth-order valence-electron chi connectivity index (χ4n) is 6.62. The summed E-state index contributed by atoms with van der Waals surface area (Å²) in [5, 5.41) is 24.5. The second kappa shape index (κ2) is 6.67. The molecule has 7 heteroatoms. The molecule has 0 fully saturated rings. The average molecular weight is 463 g/mol. The van der Waals surface area contributed by atoms with E-state index in [0.29, 0.717) is 11.4 Å². The van der Waals surface area contributed by atoms with Gasteiger partial charge in [0.05, 0.1) is 28.2 Å². The number of nitrogens with one attached hydrogen (secondary N) is 1. The molecular formula is C28H26N6O. The van der Waals surface area contributed by atoms with Crippen LogP contribution in [0.25, 0.3) is 0 Å². The third-order valence-electron chi connectivity index (χ3n) is 8.03. The van der Waals surface area contributed by atoms with Crippen molar-refractivity contribution in [2.24, 2.45) is 5.73 Å². The number of aryl methyl sites for hydroxylation is 1. The zero-order valence-electron chi connectivity index (χ0n) is 20.2. The van der Waals surface area contributed by atoms with Crippen molar-refractivity contribution in [2.75, 3.05) is 15.1 Å². The highest BCUT2D eigenvalue weighted by Gasteiger charge is 2.65. The molecule has 4 aliphatic rings. The fourth-order valence-corrected chi connectivity index (χ4v) is 6.62. The Morgan fingerprint density at radius 1 is 1.17 bits per heavy atom. The lowest BCUT2D eigenvalue weighted by Crippen LogP contribution is -2.55. The van der Waals surface area contributed by atoms with E-state index in [0.717, 1.165) is 41.0 Å². The van der Waals surface area contributed by atoms with Crippen molar-refractivity contribution < 1.29 is 4.79 Å². The summed E-state index contributed by atoms with van der Waals surface area (Å²) in [4.78, 5) is 18.2. The maximum atomic E-state index is 14.7. The first-order valence-corrected chi connectivity index (χ1v) is 12.0. The first-order valence-electron chi connectivity index (χ1n) is 12.0. The van der Waals surface area contributed by atoms with Crippen molar-refractivity contribution in [3.05, 3.63) is 75.9 Å². The van der Waals surface area contributed by atoms with Gasteiger partial charge in [-0.05, 0) is 55.9 Å². The van der Waals surface area contributed by atoms with Gasteiger partial charge in [0.1, 0.15) is 23.8 Å². The molecule has 0 saturated carbocycles. The highest BCUT2D eigenvalue weighted by atomic mass is 16.2. The zero-order chi connectivity index (χ0) is 24.9. The number of amides is 1. The van der Waals surface area contributed by atoms with E-state index in [2.05, 4.69) is 51.2 Å². The van der Waals surface area contributed by atoms with Crippen LogP contribution in [0, 0.1) is 22.7 Å². The number of benzene rings is 2. The quantitative estimate of drug-likeness (QED) is 0.646. The Labute approximate surface area is 204 Å². The summed E-state index contributed by atoms with van der Waals surface area (Å²) in [5.41, 5.74) is 10.2. The molecule has 0 saturated heterocycles. The largest absolute Gasteiger partial charge is 0.384 e. The molecule has 7 nitrogen and oxygen atoms in total. The molecule has 35 heavy (non-hydrogen) atoms. The highest BCUT2D eigenvalue weighted by Crippen LogP contribution is 2.61. The molecular weight excluding hydrogens is 436 g/mol. The lowest BCUT2D eigenvalue weighted by molar-refractivity contribution is -0.122. The smallest absolute Gasteiger partial charge is 0.249 e. The number of anilines is 3. The number of fused-ring (bicyclic) bond motifs is 4. The van der Waals surface area contributed by atoms with Gasteiger partial charge in [0.15, 0.2) is 5.41 Å². The number of para-hydroxylation sites is 2. The first-order chi connectivity index (χ1) is 16.7. The monoisotopic (exact) mass is 462 g/mol. The lowest BCUT2D eigenvalue weighted by atomic mass is 9.67. The molecule has 1 unspecified atom stereocenters. The summed E-state index contributed by atoms with van der Waals surface area (Å²) in [6.07, 6.45) is 1.56. The Kier molecular flexibility index (Phi) is 4.06. The van der Waals surface area contributed by atoms with Gasteiger partial charge in [-0.2, -0.15) is 10.5 Å². The van der Waals surface area contributed by atoms with Crippen molar-refractivity contribution in [1.29, 1.82) is 10.5 Å². The van der Waals surface area contributed by atoms with Gasteiger partial charge in [0.2, 0.25) is 5.91 Å². The summed E-state index contributed by atoms with van der Waals surface area (Å²) in [6, 6.07) is 16.4. The predicted molar refractivity (Wildman–Crippen MR) is 134 cm³/mol. The second-order valence-corrected chi connectivity index (χ2v) is 10.4. The maximum absolute atomic E-state index is 14.7. The fraction of sp³-hybridized carbons (Fsp3) is 0.321. The van der Waals surface area contributed by atoms with E-state index < -0.39 is 11.0 Å². The molecule has 6 rings (SSSR count). The minimum atomic E-state index is -1.59. The number of rotatable bonds is 1. The van der Waals surface area contributed by atoms with E-state index in [1.807, 2.05) is 35.2 Å². The number of hydrogen-bond donors (Lipinski definition) is 2. The summed E-state index contributed by atoms with van der Waals surface area (Å²) < 4.78 is 0. The Balaban J connectivity index is 1.77. The Morgan fingerprint density at radius 3 is 2.57 bits per heavy atom. The van der Waals surface area contributed by atoms with Crippen LogP contribution in [0.1, 0.15) is 56.7 Å². The first kappa shape index (κ1) is 21.3. The summed E-state index contributed by atoms with van der Waals surface area (Å²) in [7, 11) is 0. The molecule has 0 aliphatic carbocycles. The van der Waals surface area contributed by atoms with E-state index in [1.54, 1.807) is 4.90 Å². The van der Waals surface area contributed by atoms with Gasteiger partial charge in [0, 0.05) is 11.1 Å². The molecule has 2 aromatic rings. The van der Waals surface area contributed by atoms with Gasteiger partial charge < -0.3 is 16.0 Å². The topological polar surface area (TPSA) is 109 Å². The SMILES string of the molecule is CCc1cc2c3c(c1)[C@]1(C(=O)N3C(C)(C)CC2C)C(C#N)=C(N)N2C(=C1C#N)Nc1ccccc12. The molecule has 2 aromatic carbocycles. The standard InChI is InChI=1S/C28H26N6O/c1-5-16-10-17-15(2)12-27(3,4)34-23(17)18(11-16)28(26(34)35)19(13-29)24(31)33-22-9-7-6-8-21(22)32-25(33)20(28)14-30/h6-11,15,32H,5,12,31H2,1-4H3/t15?,28-/m0/s1. The van der Waals surface area contributed by atoms with Gasteiger partial charge in [-0.15, -0.1) is 0 Å². The van der Waals surface area contributed by atoms with Crippen LogP contribution in [-0.2, 0) is 16.6 Å².